The molecule has 0 radical (unpaired) electrons. The summed E-state index contributed by atoms with van der Waals surface area (Å²) in [6.45, 7) is 5.41. The van der Waals surface area contributed by atoms with Crippen LogP contribution in [0.25, 0.3) is 0 Å². The maximum absolute atomic E-state index is 6.32. The zero-order valence-electron chi connectivity index (χ0n) is 12.9. The first-order chi connectivity index (χ1) is 11.1. The van der Waals surface area contributed by atoms with Gasteiger partial charge in [0.05, 0.1) is 7.11 Å². The van der Waals surface area contributed by atoms with E-state index in [9.17, 15) is 0 Å². The van der Waals surface area contributed by atoms with Crippen LogP contribution in [0.1, 0.15) is 11.1 Å². The highest BCUT2D eigenvalue weighted by atomic mass is 35.5. The molecule has 0 spiro atoms. The van der Waals surface area contributed by atoms with Crippen LogP contribution in [-0.2, 0) is 13.2 Å². The summed E-state index contributed by atoms with van der Waals surface area (Å²) in [5.74, 6) is 1.25. The highest BCUT2D eigenvalue weighted by Crippen LogP contribution is 2.34. The molecule has 0 saturated carbocycles. The number of hydrogen-bond donors (Lipinski definition) is 1. The largest absolute Gasteiger partial charge is 0.493 e. The summed E-state index contributed by atoms with van der Waals surface area (Å²) < 4.78 is 11.2. The second-order valence-electron chi connectivity index (χ2n) is 4.93. The summed E-state index contributed by atoms with van der Waals surface area (Å²) in [6.07, 6.45) is 1.80. The van der Waals surface area contributed by atoms with E-state index in [2.05, 4.69) is 11.9 Å². The molecule has 0 aliphatic rings. The van der Waals surface area contributed by atoms with Crippen molar-refractivity contribution in [2.45, 2.75) is 13.2 Å². The second kappa shape index (κ2) is 8.82. The fourth-order valence-electron chi connectivity index (χ4n) is 2.08. The van der Waals surface area contributed by atoms with Crippen molar-refractivity contribution in [2.24, 2.45) is 0 Å². The van der Waals surface area contributed by atoms with Crippen molar-refractivity contribution in [3.05, 3.63) is 70.2 Å². The van der Waals surface area contributed by atoms with Crippen LogP contribution < -0.4 is 14.8 Å². The minimum Gasteiger partial charge on any atom is -0.493 e. The van der Waals surface area contributed by atoms with Crippen molar-refractivity contribution in [3.8, 4) is 11.5 Å². The highest BCUT2D eigenvalue weighted by Gasteiger charge is 2.11. The predicted octanol–water partition coefficient (Wildman–Crippen LogP) is 4.86. The summed E-state index contributed by atoms with van der Waals surface area (Å²) in [7, 11) is 1.61. The molecule has 0 aliphatic carbocycles. The van der Waals surface area contributed by atoms with Gasteiger partial charge in [0, 0.05) is 29.2 Å². The molecule has 0 amide bonds. The van der Waals surface area contributed by atoms with E-state index in [1.807, 2.05) is 30.3 Å². The first kappa shape index (κ1) is 17.7. The van der Waals surface area contributed by atoms with E-state index in [1.54, 1.807) is 19.3 Å². The maximum Gasteiger partial charge on any atom is 0.163 e. The van der Waals surface area contributed by atoms with Gasteiger partial charge in [0.25, 0.3) is 0 Å². The average molecular weight is 352 g/mol. The molecule has 3 nitrogen and oxygen atoms in total. The Morgan fingerprint density at radius 1 is 1.17 bits per heavy atom. The molecule has 2 aromatic rings. The molecule has 0 aromatic heterocycles. The maximum atomic E-state index is 6.32. The van der Waals surface area contributed by atoms with Gasteiger partial charge in [-0.15, -0.1) is 6.58 Å². The summed E-state index contributed by atoms with van der Waals surface area (Å²) in [4.78, 5) is 0. The van der Waals surface area contributed by atoms with E-state index in [1.165, 1.54) is 0 Å². The van der Waals surface area contributed by atoms with E-state index in [4.69, 9.17) is 32.7 Å². The minimum atomic E-state index is 0.390. The Hall–Kier alpha value is -1.68. The number of benzene rings is 2. The quantitative estimate of drug-likeness (QED) is 0.544. The van der Waals surface area contributed by atoms with E-state index in [-0.39, 0.29) is 0 Å². The second-order valence-corrected chi connectivity index (χ2v) is 5.78. The third-order valence-corrected chi connectivity index (χ3v) is 3.81. The third kappa shape index (κ3) is 5.17. The Kier molecular flexibility index (Phi) is 6.78. The molecule has 0 unspecified atom stereocenters. The van der Waals surface area contributed by atoms with Crippen molar-refractivity contribution in [2.75, 3.05) is 13.7 Å². The Balaban J connectivity index is 2.11. The van der Waals surface area contributed by atoms with Gasteiger partial charge in [-0.25, -0.2) is 0 Å². The topological polar surface area (TPSA) is 30.5 Å². The number of rotatable bonds is 8. The number of ether oxygens (including phenoxy) is 2. The van der Waals surface area contributed by atoms with Crippen molar-refractivity contribution in [1.82, 2.24) is 5.32 Å². The number of hydrogen-bond acceptors (Lipinski definition) is 3. The van der Waals surface area contributed by atoms with E-state index < -0.39 is 0 Å². The molecule has 0 saturated heterocycles. The molecule has 2 rings (SSSR count). The predicted molar refractivity (Wildman–Crippen MR) is 95.7 cm³/mol. The first-order valence-electron chi connectivity index (χ1n) is 7.19. The lowest BCUT2D eigenvalue weighted by atomic mass is 10.2. The van der Waals surface area contributed by atoms with Crippen LogP contribution in [0.2, 0.25) is 10.0 Å². The smallest absolute Gasteiger partial charge is 0.163 e. The molecular formula is C18H19Cl2NO2. The monoisotopic (exact) mass is 351 g/mol. The van der Waals surface area contributed by atoms with Crippen LogP contribution in [0, 0.1) is 0 Å². The van der Waals surface area contributed by atoms with Gasteiger partial charge in [0.2, 0.25) is 0 Å². The molecular weight excluding hydrogens is 333 g/mol. The third-order valence-electron chi connectivity index (χ3n) is 3.22. The SMILES string of the molecule is C=CCNCc1cc(OC)c(OCc2cccc(Cl)c2)cc1Cl. The van der Waals surface area contributed by atoms with Crippen molar-refractivity contribution in [3.63, 3.8) is 0 Å². The summed E-state index contributed by atoms with van der Waals surface area (Å²) in [5.41, 5.74) is 1.92. The van der Waals surface area contributed by atoms with Crippen LogP contribution in [0.3, 0.4) is 0 Å². The van der Waals surface area contributed by atoms with Crippen LogP contribution in [0.5, 0.6) is 11.5 Å². The van der Waals surface area contributed by atoms with Crippen molar-refractivity contribution < 1.29 is 9.47 Å². The molecule has 23 heavy (non-hydrogen) atoms. The van der Waals surface area contributed by atoms with Crippen LogP contribution in [0.4, 0.5) is 0 Å². The lowest BCUT2D eigenvalue weighted by molar-refractivity contribution is 0.284. The molecule has 2 aromatic carbocycles. The Morgan fingerprint density at radius 2 is 2.00 bits per heavy atom. The Labute approximate surface area is 146 Å². The Morgan fingerprint density at radius 3 is 2.70 bits per heavy atom. The van der Waals surface area contributed by atoms with Gasteiger partial charge in [-0.1, -0.05) is 41.4 Å². The van der Waals surface area contributed by atoms with Crippen LogP contribution >= 0.6 is 23.2 Å². The molecule has 0 atom stereocenters. The van der Waals surface area contributed by atoms with Gasteiger partial charge >= 0.3 is 0 Å². The van der Waals surface area contributed by atoms with Gasteiger partial charge in [-0.3, -0.25) is 0 Å². The molecule has 0 fully saturated rings. The molecule has 0 aliphatic heterocycles. The van der Waals surface area contributed by atoms with E-state index in [0.717, 1.165) is 11.1 Å². The molecule has 5 heteroatoms. The van der Waals surface area contributed by atoms with Crippen molar-refractivity contribution >= 4 is 23.2 Å². The number of halogens is 2. The minimum absolute atomic E-state index is 0.390. The number of methoxy groups -OCH3 is 1. The fourth-order valence-corrected chi connectivity index (χ4v) is 2.52. The summed E-state index contributed by atoms with van der Waals surface area (Å²) in [5, 5.41) is 4.52. The zero-order chi connectivity index (χ0) is 16.7. The van der Waals surface area contributed by atoms with Gasteiger partial charge in [0.15, 0.2) is 11.5 Å². The number of nitrogens with one attached hydrogen (secondary N) is 1. The van der Waals surface area contributed by atoms with E-state index in [0.29, 0.717) is 41.2 Å². The average Bonchev–Trinajstić information content (AvgIpc) is 2.54. The van der Waals surface area contributed by atoms with Crippen LogP contribution in [0.15, 0.2) is 49.1 Å². The van der Waals surface area contributed by atoms with Gasteiger partial charge in [0.1, 0.15) is 6.61 Å². The van der Waals surface area contributed by atoms with Gasteiger partial charge in [-0.2, -0.15) is 0 Å². The fraction of sp³-hybridized carbons (Fsp3) is 0.222. The Bertz CT molecular complexity index is 674. The normalized spacial score (nSPS) is 10.4. The lowest BCUT2D eigenvalue weighted by Gasteiger charge is -2.14. The summed E-state index contributed by atoms with van der Waals surface area (Å²) >= 11 is 12.3. The summed E-state index contributed by atoms with van der Waals surface area (Å²) in [6, 6.07) is 11.2. The van der Waals surface area contributed by atoms with Gasteiger partial charge < -0.3 is 14.8 Å². The lowest BCUT2D eigenvalue weighted by Crippen LogP contribution is -2.13. The first-order valence-corrected chi connectivity index (χ1v) is 7.95. The highest BCUT2D eigenvalue weighted by molar-refractivity contribution is 6.31. The van der Waals surface area contributed by atoms with Gasteiger partial charge in [-0.05, 0) is 29.3 Å². The molecule has 0 heterocycles. The van der Waals surface area contributed by atoms with Crippen LogP contribution in [-0.4, -0.2) is 13.7 Å². The van der Waals surface area contributed by atoms with Crippen molar-refractivity contribution in [1.29, 1.82) is 0 Å². The molecule has 122 valence electrons. The molecule has 1 N–H and O–H groups in total. The van der Waals surface area contributed by atoms with E-state index >= 15 is 0 Å². The molecule has 0 bridgehead atoms. The zero-order valence-corrected chi connectivity index (χ0v) is 14.5. The standard InChI is InChI=1S/C18H19Cl2NO2/c1-3-7-21-11-14-9-17(22-2)18(10-16(14)20)23-12-13-5-4-6-15(19)8-13/h3-6,8-10,21H,1,7,11-12H2,2H3.